The molecule has 1 fully saturated rings. The molecule has 0 aliphatic carbocycles. The van der Waals surface area contributed by atoms with Gasteiger partial charge in [-0.05, 0) is 44.1 Å². The number of Topliss-reactive ketones (excluding diaryl/α,β-unsaturated/α-hetero) is 1. The van der Waals surface area contributed by atoms with E-state index >= 15 is 0 Å². The summed E-state index contributed by atoms with van der Waals surface area (Å²) in [7, 11) is 0. The monoisotopic (exact) mass is 361 g/mol. The fraction of sp³-hybridized carbons (Fsp3) is 0.273. The minimum atomic E-state index is 0.00430. The topological polar surface area (TPSA) is 65.2 Å². The number of carbonyl (C=O) groups is 2. The summed E-state index contributed by atoms with van der Waals surface area (Å²) in [6.07, 6.45) is 3.35. The van der Waals surface area contributed by atoms with Crippen molar-refractivity contribution in [2.24, 2.45) is 5.92 Å². The van der Waals surface area contributed by atoms with Crippen molar-refractivity contribution in [3.63, 3.8) is 0 Å². The number of benzene rings is 2. The van der Waals surface area contributed by atoms with Gasteiger partial charge in [0.15, 0.2) is 5.78 Å². The lowest BCUT2D eigenvalue weighted by Gasteiger charge is -2.30. The van der Waals surface area contributed by atoms with E-state index in [0.29, 0.717) is 6.54 Å². The molecule has 0 radical (unpaired) electrons. The highest BCUT2D eigenvalue weighted by Crippen LogP contribution is 2.22. The third-order valence-electron chi connectivity index (χ3n) is 5.26. The first-order valence-electron chi connectivity index (χ1n) is 9.38. The maximum Gasteiger partial charge on any atom is 0.227 e. The van der Waals surface area contributed by atoms with Gasteiger partial charge in [-0.15, -0.1) is 0 Å². The smallest absolute Gasteiger partial charge is 0.227 e. The van der Waals surface area contributed by atoms with Crippen molar-refractivity contribution in [2.45, 2.75) is 12.8 Å². The Morgan fingerprint density at radius 3 is 2.48 bits per heavy atom. The zero-order valence-corrected chi connectivity index (χ0v) is 15.2. The number of likely N-dealkylation sites (tertiary alicyclic amines) is 1. The van der Waals surface area contributed by atoms with Crippen LogP contribution >= 0.6 is 0 Å². The quantitative estimate of drug-likeness (QED) is 0.681. The number of hydrogen-bond acceptors (Lipinski definition) is 3. The Labute approximate surface area is 158 Å². The number of anilines is 1. The Hall–Kier alpha value is -2.92. The van der Waals surface area contributed by atoms with Gasteiger partial charge in [0.1, 0.15) is 0 Å². The van der Waals surface area contributed by atoms with E-state index in [4.69, 9.17) is 0 Å². The molecule has 138 valence electrons. The number of aromatic amines is 1. The molecule has 2 heterocycles. The zero-order valence-electron chi connectivity index (χ0n) is 15.2. The van der Waals surface area contributed by atoms with Gasteiger partial charge in [0.2, 0.25) is 5.91 Å². The lowest BCUT2D eigenvalue weighted by Crippen LogP contribution is -2.40. The van der Waals surface area contributed by atoms with E-state index in [2.05, 4.69) is 15.2 Å². The molecule has 1 amide bonds. The number of rotatable bonds is 5. The molecule has 0 atom stereocenters. The Morgan fingerprint density at radius 2 is 1.70 bits per heavy atom. The first-order chi connectivity index (χ1) is 13.2. The minimum Gasteiger partial charge on any atom is -0.360 e. The molecule has 5 nitrogen and oxygen atoms in total. The Balaban J connectivity index is 1.31. The summed E-state index contributed by atoms with van der Waals surface area (Å²) in [6, 6.07) is 17.4. The molecule has 3 aromatic rings. The number of hydrogen-bond donors (Lipinski definition) is 2. The van der Waals surface area contributed by atoms with E-state index < -0.39 is 0 Å². The van der Waals surface area contributed by atoms with E-state index in [-0.39, 0.29) is 17.6 Å². The molecule has 2 aromatic carbocycles. The second kappa shape index (κ2) is 7.76. The van der Waals surface area contributed by atoms with Crippen molar-refractivity contribution < 1.29 is 9.59 Å². The zero-order chi connectivity index (χ0) is 18.6. The number of amides is 1. The molecular weight excluding hydrogens is 338 g/mol. The van der Waals surface area contributed by atoms with Gasteiger partial charge in [0, 0.05) is 34.3 Å². The van der Waals surface area contributed by atoms with Crippen LogP contribution in [0.5, 0.6) is 0 Å². The summed E-state index contributed by atoms with van der Waals surface area (Å²) >= 11 is 0. The second-order valence-electron chi connectivity index (χ2n) is 7.08. The van der Waals surface area contributed by atoms with Gasteiger partial charge in [-0.3, -0.25) is 14.5 Å². The summed E-state index contributed by atoms with van der Waals surface area (Å²) < 4.78 is 0. The normalized spacial score (nSPS) is 15.7. The van der Waals surface area contributed by atoms with Crippen molar-refractivity contribution >= 4 is 28.3 Å². The highest BCUT2D eigenvalue weighted by atomic mass is 16.2. The van der Waals surface area contributed by atoms with Crippen LogP contribution in [-0.4, -0.2) is 41.2 Å². The molecule has 1 aliphatic rings. The molecule has 0 saturated carbocycles. The van der Waals surface area contributed by atoms with E-state index in [1.165, 1.54) is 0 Å². The van der Waals surface area contributed by atoms with E-state index in [9.17, 15) is 9.59 Å². The fourth-order valence-electron chi connectivity index (χ4n) is 3.71. The van der Waals surface area contributed by atoms with Crippen LogP contribution in [0.25, 0.3) is 10.9 Å². The van der Waals surface area contributed by atoms with Gasteiger partial charge in [0.25, 0.3) is 0 Å². The van der Waals surface area contributed by atoms with Gasteiger partial charge in [-0.2, -0.15) is 0 Å². The summed E-state index contributed by atoms with van der Waals surface area (Å²) in [5.41, 5.74) is 2.56. The molecule has 1 aromatic heterocycles. The van der Waals surface area contributed by atoms with Crippen LogP contribution in [0.2, 0.25) is 0 Å². The van der Waals surface area contributed by atoms with Crippen molar-refractivity contribution in [1.82, 2.24) is 9.88 Å². The highest BCUT2D eigenvalue weighted by Gasteiger charge is 2.26. The minimum absolute atomic E-state index is 0.00430. The molecule has 1 saturated heterocycles. The summed E-state index contributed by atoms with van der Waals surface area (Å²) in [5, 5.41) is 3.95. The first-order valence-corrected chi connectivity index (χ1v) is 9.38. The van der Waals surface area contributed by atoms with Crippen molar-refractivity contribution in [3.8, 4) is 0 Å². The average Bonchev–Trinajstić information content (AvgIpc) is 3.13. The number of H-pyrrole nitrogens is 1. The van der Waals surface area contributed by atoms with Crippen LogP contribution in [0.3, 0.4) is 0 Å². The molecule has 0 spiro atoms. The molecule has 5 heteroatoms. The summed E-state index contributed by atoms with van der Waals surface area (Å²) in [4.78, 5) is 30.4. The van der Waals surface area contributed by atoms with Crippen LogP contribution in [0.15, 0.2) is 60.8 Å². The lowest BCUT2D eigenvalue weighted by molar-refractivity contribution is -0.121. The number of piperidine rings is 1. The molecule has 2 N–H and O–H groups in total. The molecule has 0 bridgehead atoms. The van der Waals surface area contributed by atoms with Crippen molar-refractivity contribution in [3.05, 3.63) is 66.4 Å². The summed E-state index contributed by atoms with van der Waals surface area (Å²) in [6.45, 7) is 1.93. The Kier molecular flexibility index (Phi) is 5.03. The summed E-state index contributed by atoms with van der Waals surface area (Å²) in [5.74, 6) is 0.202. The molecule has 1 aliphatic heterocycles. The van der Waals surface area contributed by atoms with Crippen LogP contribution in [0, 0.1) is 5.92 Å². The predicted molar refractivity (Wildman–Crippen MR) is 107 cm³/mol. The second-order valence-corrected chi connectivity index (χ2v) is 7.08. The van der Waals surface area contributed by atoms with E-state index in [1.54, 1.807) is 6.20 Å². The molecule has 4 rings (SSSR count). The number of para-hydroxylation sites is 2. The van der Waals surface area contributed by atoms with Gasteiger partial charge in [-0.1, -0.05) is 36.4 Å². The van der Waals surface area contributed by atoms with E-state index in [0.717, 1.165) is 48.1 Å². The van der Waals surface area contributed by atoms with Crippen LogP contribution in [0.1, 0.15) is 23.2 Å². The fourth-order valence-corrected chi connectivity index (χ4v) is 3.71. The van der Waals surface area contributed by atoms with Crippen molar-refractivity contribution in [1.29, 1.82) is 0 Å². The maximum atomic E-state index is 12.7. The molecular formula is C22H23N3O2. The third kappa shape index (κ3) is 3.93. The first kappa shape index (κ1) is 17.5. The third-order valence-corrected chi connectivity index (χ3v) is 5.26. The lowest BCUT2D eigenvalue weighted by atomic mass is 9.95. The maximum absolute atomic E-state index is 12.7. The number of nitrogens with one attached hydrogen (secondary N) is 2. The largest absolute Gasteiger partial charge is 0.360 e. The number of ketones is 1. The standard InChI is InChI=1S/C22H23N3O2/c26-21(19-14-23-20-9-5-4-8-18(19)20)15-25-12-10-16(11-13-25)22(27)24-17-6-2-1-3-7-17/h1-9,14,16,23H,10-13,15H2,(H,24,27). The Morgan fingerprint density at radius 1 is 1.00 bits per heavy atom. The number of nitrogens with zero attached hydrogens (tertiary/aromatic N) is 1. The number of aromatic nitrogens is 1. The van der Waals surface area contributed by atoms with Gasteiger partial charge < -0.3 is 10.3 Å². The van der Waals surface area contributed by atoms with E-state index in [1.807, 2.05) is 54.6 Å². The predicted octanol–water partition coefficient (Wildman–Crippen LogP) is 3.70. The van der Waals surface area contributed by atoms with Crippen molar-refractivity contribution in [2.75, 3.05) is 25.0 Å². The number of fused-ring (bicyclic) bond motifs is 1. The highest BCUT2D eigenvalue weighted by molar-refractivity contribution is 6.08. The van der Waals surface area contributed by atoms with Crippen LogP contribution in [-0.2, 0) is 4.79 Å². The van der Waals surface area contributed by atoms with Gasteiger partial charge in [0.05, 0.1) is 6.54 Å². The SMILES string of the molecule is O=C(CN1CCC(C(=O)Nc2ccccc2)CC1)c1c[nH]c2ccccc12. The van der Waals surface area contributed by atoms with Crippen LogP contribution < -0.4 is 5.32 Å². The molecule has 0 unspecified atom stereocenters. The van der Waals surface area contributed by atoms with Gasteiger partial charge >= 0.3 is 0 Å². The molecule has 27 heavy (non-hydrogen) atoms. The van der Waals surface area contributed by atoms with Gasteiger partial charge in [-0.25, -0.2) is 0 Å². The van der Waals surface area contributed by atoms with Crippen LogP contribution in [0.4, 0.5) is 5.69 Å². The Bertz CT molecular complexity index is 940. The average molecular weight is 361 g/mol. The number of carbonyl (C=O) groups excluding carboxylic acids is 2.